The number of rotatable bonds is 8. The number of ether oxygens (including phenoxy) is 2. The van der Waals surface area contributed by atoms with Gasteiger partial charge in [0, 0.05) is 16.3 Å². The van der Waals surface area contributed by atoms with Crippen LogP contribution in [0.5, 0.6) is 11.5 Å². The molecule has 0 unspecified atom stereocenters. The second-order valence-corrected chi connectivity index (χ2v) is 7.03. The molecule has 5 nitrogen and oxygen atoms in total. The Balaban J connectivity index is 1.64. The smallest absolute Gasteiger partial charge is 0.266 e. The highest BCUT2D eigenvalue weighted by Gasteiger charge is 2.11. The molecular formula is C26H19ClN2O3. The molecule has 0 atom stereocenters. The molecule has 0 saturated carbocycles. The third kappa shape index (κ3) is 6.40. The second kappa shape index (κ2) is 11.3. The van der Waals surface area contributed by atoms with Crippen molar-refractivity contribution in [3.63, 3.8) is 0 Å². The Bertz CT molecular complexity index is 1190. The van der Waals surface area contributed by atoms with Gasteiger partial charge >= 0.3 is 0 Å². The fourth-order valence-electron chi connectivity index (χ4n) is 2.73. The summed E-state index contributed by atoms with van der Waals surface area (Å²) in [6, 6.07) is 23.2. The third-order valence-corrected chi connectivity index (χ3v) is 4.58. The zero-order valence-electron chi connectivity index (χ0n) is 17.0. The second-order valence-electron chi connectivity index (χ2n) is 6.59. The molecule has 0 heterocycles. The number of amides is 1. The molecule has 0 aliphatic rings. The Hall–Kier alpha value is -4.19. The number of terminal acetylenes is 1. The van der Waals surface area contributed by atoms with Crippen molar-refractivity contribution in [3.8, 4) is 29.9 Å². The summed E-state index contributed by atoms with van der Waals surface area (Å²) in [5.74, 6) is 3.00. The van der Waals surface area contributed by atoms with E-state index in [1.807, 2.05) is 18.2 Å². The van der Waals surface area contributed by atoms with E-state index < -0.39 is 5.91 Å². The predicted octanol–water partition coefficient (Wildman–Crippen LogP) is 5.48. The highest BCUT2D eigenvalue weighted by atomic mass is 35.5. The van der Waals surface area contributed by atoms with Crippen LogP contribution in [0.15, 0.2) is 78.4 Å². The first kappa shape index (κ1) is 22.5. The molecule has 0 bridgehead atoms. The van der Waals surface area contributed by atoms with Gasteiger partial charge in [0.25, 0.3) is 5.91 Å². The highest BCUT2D eigenvalue weighted by molar-refractivity contribution is 6.30. The minimum absolute atomic E-state index is 0.0650. The molecule has 0 saturated heterocycles. The summed E-state index contributed by atoms with van der Waals surface area (Å²) in [5, 5.41) is 12.8. The van der Waals surface area contributed by atoms with E-state index in [0.29, 0.717) is 34.4 Å². The molecule has 3 aromatic carbocycles. The quantitative estimate of drug-likeness (QED) is 0.285. The Morgan fingerprint density at radius 2 is 1.75 bits per heavy atom. The fraction of sp³-hybridized carbons (Fsp3) is 0.0769. The van der Waals surface area contributed by atoms with E-state index in [-0.39, 0.29) is 12.2 Å². The average molecular weight is 443 g/mol. The van der Waals surface area contributed by atoms with Crippen LogP contribution in [0.4, 0.5) is 5.69 Å². The van der Waals surface area contributed by atoms with Gasteiger partial charge in [-0.1, -0.05) is 47.9 Å². The predicted molar refractivity (Wildman–Crippen MR) is 125 cm³/mol. The molecule has 0 radical (unpaired) electrons. The zero-order chi connectivity index (χ0) is 22.8. The van der Waals surface area contributed by atoms with Gasteiger partial charge in [0.15, 0.2) is 0 Å². The average Bonchev–Trinajstić information content (AvgIpc) is 2.82. The SMILES string of the molecule is C#CCOc1ccccc1/C=C(\C#N)C(=O)Nc1ccc(OCc2ccc(Cl)cc2)cc1. The van der Waals surface area contributed by atoms with E-state index in [9.17, 15) is 10.1 Å². The monoisotopic (exact) mass is 442 g/mol. The lowest BCUT2D eigenvalue weighted by atomic mass is 10.1. The molecule has 0 spiro atoms. The molecule has 0 aromatic heterocycles. The summed E-state index contributed by atoms with van der Waals surface area (Å²) < 4.78 is 11.2. The molecule has 3 rings (SSSR count). The number of hydrogen-bond donors (Lipinski definition) is 1. The maximum Gasteiger partial charge on any atom is 0.266 e. The minimum Gasteiger partial charge on any atom is -0.489 e. The van der Waals surface area contributed by atoms with Crippen molar-refractivity contribution in [1.29, 1.82) is 5.26 Å². The number of nitriles is 1. The molecule has 6 heteroatoms. The number of para-hydroxylation sites is 1. The fourth-order valence-corrected chi connectivity index (χ4v) is 2.86. The Kier molecular flexibility index (Phi) is 7.92. The number of anilines is 1. The number of carbonyl (C=O) groups is 1. The summed E-state index contributed by atoms with van der Waals surface area (Å²) in [7, 11) is 0. The molecule has 3 aromatic rings. The van der Waals surface area contributed by atoms with Gasteiger partial charge in [-0.05, 0) is 54.1 Å². The molecule has 32 heavy (non-hydrogen) atoms. The molecular weight excluding hydrogens is 424 g/mol. The summed E-state index contributed by atoms with van der Waals surface area (Å²) in [6.45, 7) is 0.483. The first-order valence-electron chi connectivity index (χ1n) is 9.65. The van der Waals surface area contributed by atoms with Crippen molar-refractivity contribution < 1.29 is 14.3 Å². The van der Waals surface area contributed by atoms with Crippen LogP contribution in [-0.4, -0.2) is 12.5 Å². The Morgan fingerprint density at radius 3 is 2.44 bits per heavy atom. The first-order valence-corrected chi connectivity index (χ1v) is 10.0. The van der Waals surface area contributed by atoms with Crippen LogP contribution in [0.25, 0.3) is 6.08 Å². The van der Waals surface area contributed by atoms with Gasteiger partial charge < -0.3 is 14.8 Å². The number of benzene rings is 3. The number of nitrogens with one attached hydrogen (secondary N) is 1. The number of nitrogens with zero attached hydrogens (tertiary/aromatic N) is 1. The molecule has 0 aliphatic carbocycles. The van der Waals surface area contributed by atoms with Crippen LogP contribution in [0, 0.1) is 23.7 Å². The van der Waals surface area contributed by atoms with Crippen LogP contribution in [0.3, 0.4) is 0 Å². The van der Waals surface area contributed by atoms with Crippen molar-refractivity contribution >= 4 is 29.3 Å². The van der Waals surface area contributed by atoms with Crippen LogP contribution in [-0.2, 0) is 11.4 Å². The van der Waals surface area contributed by atoms with E-state index in [1.54, 1.807) is 60.7 Å². The molecule has 158 valence electrons. The van der Waals surface area contributed by atoms with Crippen LogP contribution in [0.2, 0.25) is 5.02 Å². The lowest BCUT2D eigenvalue weighted by molar-refractivity contribution is -0.112. The van der Waals surface area contributed by atoms with Gasteiger partial charge in [0.2, 0.25) is 0 Å². The summed E-state index contributed by atoms with van der Waals surface area (Å²) in [4.78, 5) is 12.6. The zero-order valence-corrected chi connectivity index (χ0v) is 17.8. The maximum atomic E-state index is 12.6. The van der Waals surface area contributed by atoms with Crippen molar-refractivity contribution in [2.45, 2.75) is 6.61 Å². The van der Waals surface area contributed by atoms with Crippen LogP contribution in [0.1, 0.15) is 11.1 Å². The molecule has 0 fully saturated rings. The van der Waals surface area contributed by atoms with E-state index >= 15 is 0 Å². The number of hydrogen-bond acceptors (Lipinski definition) is 4. The standard InChI is InChI=1S/C26H19ClN2O3/c1-2-15-31-25-6-4-3-5-20(25)16-21(17-28)26(30)29-23-11-13-24(14-12-23)32-18-19-7-9-22(27)10-8-19/h1,3-14,16H,15,18H2,(H,29,30)/b21-16+. The van der Waals surface area contributed by atoms with Crippen LogP contribution >= 0.6 is 11.6 Å². The van der Waals surface area contributed by atoms with E-state index in [0.717, 1.165) is 5.56 Å². The van der Waals surface area contributed by atoms with Gasteiger partial charge in [-0.3, -0.25) is 4.79 Å². The largest absolute Gasteiger partial charge is 0.489 e. The van der Waals surface area contributed by atoms with Crippen molar-refractivity contribution in [2.75, 3.05) is 11.9 Å². The van der Waals surface area contributed by atoms with E-state index in [2.05, 4.69) is 11.2 Å². The van der Waals surface area contributed by atoms with Gasteiger partial charge in [-0.25, -0.2) is 0 Å². The van der Waals surface area contributed by atoms with E-state index in [4.69, 9.17) is 27.5 Å². The van der Waals surface area contributed by atoms with Crippen molar-refractivity contribution in [3.05, 3.63) is 94.5 Å². The Morgan fingerprint density at radius 1 is 1.03 bits per heavy atom. The summed E-state index contributed by atoms with van der Waals surface area (Å²) >= 11 is 5.88. The normalized spacial score (nSPS) is 10.5. The third-order valence-electron chi connectivity index (χ3n) is 4.33. The van der Waals surface area contributed by atoms with Crippen molar-refractivity contribution in [2.24, 2.45) is 0 Å². The van der Waals surface area contributed by atoms with Gasteiger partial charge in [-0.15, -0.1) is 6.42 Å². The Labute approximate surface area is 191 Å². The molecule has 0 aliphatic heterocycles. The van der Waals surface area contributed by atoms with Gasteiger partial charge in [0.1, 0.15) is 36.4 Å². The molecule has 1 N–H and O–H groups in total. The van der Waals surface area contributed by atoms with Crippen LogP contribution < -0.4 is 14.8 Å². The summed E-state index contributed by atoms with van der Waals surface area (Å²) in [6.07, 6.45) is 6.69. The maximum absolute atomic E-state index is 12.6. The highest BCUT2D eigenvalue weighted by Crippen LogP contribution is 2.22. The lowest BCUT2D eigenvalue weighted by Gasteiger charge is -2.09. The topological polar surface area (TPSA) is 71.3 Å². The van der Waals surface area contributed by atoms with Gasteiger partial charge in [0.05, 0.1) is 0 Å². The molecule has 1 amide bonds. The van der Waals surface area contributed by atoms with Crippen molar-refractivity contribution in [1.82, 2.24) is 0 Å². The van der Waals surface area contributed by atoms with E-state index in [1.165, 1.54) is 6.08 Å². The number of carbonyl (C=O) groups excluding carboxylic acids is 1. The first-order chi connectivity index (χ1) is 15.6. The lowest BCUT2D eigenvalue weighted by Crippen LogP contribution is -2.13. The summed E-state index contributed by atoms with van der Waals surface area (Å²) in [5.41, 5.74) is 2.04. The minimum atomic E-state index is -0.533. The number of halogens is 1. The van der Waals surface area contributed by atoms with Gasteiger partial charge in [-0.2, -0.15) is 5.26 Å².